The summed E-state index contributed by atoms with van der Waals surface area (Å²) in [7, 11) is 0. The first kappa shape index (κ1) is 19.6. The highest BCUT2D eigenvalue weighted by molar-refractivity contribution is 5.82. The quantitative estimate of drug-likeness (QED) is 0.606. The van der Waals surface area contributed by atoms with Crippen LogP contribution in [-0.4, -0.2) is 21.9 Å². The minimum Gasteiger partial charge on any atom is -0.482 e. The van der Waals surface area contributed by atoms with Gasteiger partial charge in [-0.2, -0.15) is 13.2 Å². The first-order chi connectivity index (χ1) is 13.5. The molecule has 0 fully saturated rings. The second-order valence-electron chi connectivity index (χ2n) is 7.80. The summed E-state index contributed by atoms with van der Waals surface area (Å²) in [6, 6.07) is 12.1. The van der Waals surface area contributed by atoms with E-state index < -0.39 is 36.0 Å². The third-order valence-electron chi connectivity index (χ3n) is 5.42. The molecule has 0 saturated carbocycles. The summed E-state index contributed by atoms with van der Waals surface area (Å²) in [5, 5.41) is 11.4. The Bertz CT molecular complexity index is 1100. The maximum absolute atomic E-state index is 14.0. The number of aryl methyl sites for hydroxylation is 1. The number of pyridine rings is 1. The van der Waals surface area contributed by atoms with Crippen LogP contribution in [0.5, 0.6) is 5.75 Å². The number of fused-ring (bicyclic) bond motifs is 2. The lowest BCUT2D eigenvalue weighted by Gasteiger charge is -2.46. The van der Waals surface area contributed by atoms with Gasteiger partial charge in [0.25, 0.3) is 0 Å². The number of hydrogen-bond donors (Lipinski definition) is 1. The van der Waals surface area contributed by atoms with Gasteiger partial charge in [-0.25, -0.2) is 4.39 Å². The van der Waals surface area contributed by atoms with Crippen molar-refractivity contribution < 1.29 is 27.4 Å². The summed E-state index contributed by atoms with van der Waals surface area (Å²) in [4.78, 5) is 4.34. The molecule has 3 nitrogen and oxygen atoms in total. The number of benzene rings is 2. The number of hydrogen-bond acceptors (Lipinski definition) is 3. The molecule has 1 N–H and O–H groups in total. The maximum Gasteiger partial charge on any atom is 0.417 e. The first-order valence-corrected chi connectivity index (χ1v) is 9.14. The Morgan fingerprint density at radius 3 is 2.55 bits per heavy atom. The normalized spacial score (nSPS) is 20.5. The summed E-state index contributed by atoms with van der Waals surface area (Å²) in [5.41, 5.74) is -2.74. The van der Waals surface area contributed by atoms with Crippen molar-refractivity contribution >= 4 is 10.9 Å². The van der Waals surface area contributed by atoms with E-state index in [1.807, 2.05) is 0 Å². The largest absolute Gasteiger partial charge is 0.482 e. The maximum atomic E-state index is 14.0. The van der Waals surface area contributed by atoms with Gasteiger partial charge in [0.05, 0.1) is 5.52 Å². The Balaban J connectivity index is 1.74. The molecule has 0 amide bonds. The van der Waals surface area contributed by atoms with E-state index in [2.05, 4.69) is 4.98 Å². The summed E-state index contributed by atoms with van der Waals surface area (Å²) in [6.07, 6.45) is -6.33. The van der Waals surface area contributed by atoms with Gasteiger partial charge < -0.3 is 9.84 Å². The molecule has 1 aliphatic heterocycles. The number of alkyl halides is 3. The minimum absolute atomic E-state index is 0.316. The van der Waals surface area contributed by atoms with Crippen LogP contribution in [0.1, 0.15) is 30.2 Å². The van der Waals surface area contributed by atoms with Crippen LogP contribution in [0.2, 0.25) is 0 Å². The second-order valence-corrected chi connectivity index (χ2v) is 7.80. The second kappa shape index (κ2) is 6.42. The zero-order valence-corrected chi connectivity index (χ0v) is 15.8. The predicted molar refractivity (Wildman–Crippen MR) is 100 cm³/mol. The molecule has 2 unspecified atom stereocenters. The van der Waals surface area contributed by atoms with E-state index in [1.165, 1.54) is 19.1 Å². The van der Waals surface area contributed by atoms with Crippen molar-refractivity contribution in [2.75, 3.05) is 0 Å². The lowest BCUT2D eigenvalue weighted by molar-refractivity contribution is -0.275. The van der Waals surface area contributed by atoms with Gasteiger partial charge in [-0.1, -0.05) is 18.2 Å². The first-order valence-electron chi connectivity index (χ1n) is 9.14. The van der Waals surface area contributed by atoms with Crippen LogP contribution in [0.4, 0.5) is 17.6 Å². The van der Waals surface area contributed by atoms with E-state index in [9.17, 15) is 22.7 Å². The lowest BCUT2D eigenvalue weighted by Crippen LogP contribution is -2.54. The average molecular weight is 405 g/mol. The molecule has 7 heteroatoms. The minimum atomic E-state index is -4.92. The highest BCUT2D eigenvalue weighted by Crippen LogP contribution is 2.51. The third kappa shape index (κ3) is 3.33. The Kier molecular flexibility index (Phi) is 4.35. The highest BCUT2D eigenvalue weighted by Gasteiger charge is 2.59. The van der Waals surface area contributed by atoms with Gasteiger partial charge in [-0.3, -0.25) is 4.98 Å². The molecule has 0 radical (unpaired) electrons. The molecule has 152 valence electrons. The van der Waals surface area contributed by atoms with E-state index >= 15 is 0 Å². The van der Waals surface area contributed by atoms with Crippen molar-refractivity contribution in [2.45, 2.75) is 44.1 Å². The molecule has 0 spiro atoms. The van der Waals surface area contributed by atoms with Gasteiger partial charge in [0.1, 0.15) is 17.2 Å². The number of rotatable bonds is 4. The van der Waals surface area contributed by atoms with Gasteiger partial charge in [0.2, 0.25) is 0 Å². The highest BCUT2D eigenvalue weighted by atomic mass is 19.4. The molecule has 2 atom stereocenters. The predicted octanol–water partition coefficient (Wildman–Crippen LogP) is 5.22. The molecule has 0 saturated heterocycles. The molecule has 1 aromatic heterocycles. The van der Waals surface area contributed by atoms with Gasteiger partial charge in [0.15, 0.2) is 5.60 Å². The van der Waals surface area contributed by atoms with Crippen molar-refractivity contribution in [3.05, 3.63) is 71.2 Å². The van der Waals surface area contributed by atoms with Gasteiger partial charge in [-0.15, -0.1) is 0 Å². The number of para-hydroxylation sites is 1. The Morgan fingerprint density at radius 2 is 1.83 bits per heavy atom. The Morgan fingerprint density at radius 1 is 1.10 bits per heavy atom. The van der Waals surface area contributed by atoms with Crippen LogP contribution >= 0.6 is 0 Å². The molecule has 29 heavy (non-hydrogen) atoms. The molecule has 0 aliphatic carbocycles. The van der Waals surface area contributed by atoms with E-state index in [1.54, 1.807) is 37.3 Å². The summed E-state index contributed by atoms with van der Waals surface area (Å²) < 4.78 is 61.3. The number of ether oxygens (including phenoxy) is 1. The molecule has 4 rings (SSSR count). The van der Waals surface area contributed by atoms with Crippen LogP contribution in [-0.2, 0) is 12.0 Å². The third-order valence-corrected chi connectivity index (χ3v) is 5.42. The van der Waals surface area contributed by atoms with Crippen molar-refractivity contribution in [2.24, 2.45) is 0 Å². The average Bonchev–Trinajstić information content (AvgIpc) is 2.61. The number of halogens is 4. The SMILES string of the molecule is Cc1cc(CC(O)(CC2(C)Oc3ccc(F)cc32)C(F)(F)F)c2ccccc2n1. The zero-order valence-electron chi connectivity index (χ0n) is 15.8. The van der Waals surface area contributed by atoms with Crippen molar-refractivity contribution in [3.63, 3.8) is 0 Å². The monoisotopic (exact) mass is 405 g/mol. The summed E-state index contributed by atoms with van der Waals surface area (Å²) in [6.45, 7) is 3.12. The standard InChI is InChI=1S/C22H19F4NO2/c1-13-9-14(16-5-3-4-6-18(16)27-13)11-21(28,22(24,25)26)12-20(2)17-10-15(23)7-8-19(17)29-20/h3-10,28H,11-12H2,1-2H3. The smallest absolute Gasteiger partial charge is 0.417 e. The van der Waals surface area contributed by atoms with E-state index in [0.29, 0.717) is 33.5 Å². The van der Waals surface area contributed by atoms with Crippen molar-refractivity contribution in [1.29, 1.82) is 0 Å². The summed E-state index contributed by atoms with van der Waals surface area (Å²) in [5.74, 6) is -0.242. The van der Waals surface area contributed by atoms with Crippen LogP contribution in [0.15, 0.2) is 48.5 Å². The van der Waals surface area contributed by atoms with Crippen LogP contribution < -0.4 is 4.74 Å². The Labute approximate surface area is 165 Å². The Hall–Kier alpha value is -2.67. The molecule has 3 aromatic rings. The molecular formula is C22H19F4NO2. The fourth-order valence-electron chi connectivity index (χ4n) is 4.06. The van der Waals surface area contributed by atoms with Gasteiger partial charge in [-0.05, 0) is 49.7 Å². The fraction of sp³-hybridized carbons (Fsp3) is 0.318. The topological polar surface area (TPSA) is 42.4 Å². The zero-order chi connectivity index (χ0) is 21.0. The molecule has 2 heterocycles. The van der Waals surface area contributed by atoms with Crippen LogP contribution in [0.3, 0.4) is 0 Å². The van der Waals surface area contributed by atoms with Crippen LogP contribution in [0.25, 0.3) is 10.9 Å². The van der Waals surface area contributed by atoms with E-state index in [-0.39, 0.29) is 0 Å². The van der Waals surface area contributed by atoms with Gasteiger partial charge >= 0.3 is 6.18 Å². The molecule has 1 aliphatic rings. The van der Waals surface area contributed by atoms with Gasteiger partial charge in [0, 0.05) is 29.5 Å². The molecule has 2 aromatic carbocycles. The van der Waals surface area contributed by atoms with Crippen molar-refractivity contribution in [1.82, 2.24) is 4.98 Å². The number of aromatic nitrogens is 1. The van der Waals surface area contributed by atoms with Crippen molar-refractivity contribution in [3.8, 4) is 5.75 Å². The molecule has 0 bridgehead atoms. The van der Waals surface area contributed by atoms with E-state index in [4.69, 9.17) is 4.74 Å². The van der Waals surface area contributed by atoms with E-state index in [0.717, 1.165) is 6.07 Å². The fourth-order valence-corrected chi connectivity index (χ4v) is 4.06. The van der Waals surface area contributed by atoms with Crippen LogP contribution in [0, 0.1) is 12.7 Å². The number of nitrogens with zero attached hydrogens (tertiary/aromatic N) is 1. The molecular weight excluding hydrogens is 386 g/mol. The lowest BCUT2D eigenvalue weighted by atomic mass is 9.76. The number of aliphatic hydroxyl groups is 1. The summed E-state index contributed by atoms with van der Waals surface area (Å²) >= 11 is 0.